The minimum atomic E-state index is -0.596. The highest BCUT2D eigenvalue weighted by atomic mass is 35.5. The van der Waals surface area contributed by atoms with Crippen molar-refractivity contribution >= 4 is 11.6 Å². The van der Waals surface area contributed by atoms with Crippen molar-refractivity contribution in [3.63, 3.8) is 0 Å². The summed E-state index contributed by atoms with van der Waals surface area (Å²) >= 11 is 5.82. The number of hydrogen-bond donors (Lipinski definition) is 1. The Morgan fingerprint density at radius 3 is 2.36 bits per heavy atom. The average molecular weight is 314 g/mol. The van der Waals surface area contributed by atoms with Crippen LogP contribution in [-0.4, -0.2) is 10.1 Å². The van der Waals surface area contributed by atoms with Gasteiger partial charge < -0.3 is 9.52 Å². The quantitative estimate of drug-likeness (QED) is 0.801. The molecule has 0 saturated heterocycles. The van der Waals surface area contributed by atoms with Crippen molar-refractivity contribution in [1.82, 2.24) is 4.98 Å². The molecule has 0 amide bonds. The minimum Gasteiger partial charge on any atom is -0.493 e. The molecule has 0 radical (unpaired) electrons. The van der Waals surface area contributed by atoms with Crippen LogP contribution in [-0.2, 0) is 6.42 Å². The molecule has 0 aliphatic heterocycles. The van der Waals surface area contributed by atoms with Gasteiger partial charge in [-0.25, -0.2) is 4.79 Å². The second kappa shape index (κ2) is 6.03. The zero-order valence-corrected chi connectivity index (χ0v) is 12.2. The van der Waals surface area contributed by atoms with Gasteiger partial charge in [-0.15, -0.1) is 0 Å². The fourth-order valence-corrected chi connectivity index (χ4v) is 2.22. The van der Waals surface area contributed by atoms with Crippen LogP contribution in [0, 0.1) is 0 Å². The monoisotopic (exact) mass is 313 g/mol. The van der Waals surface area contributed by atoms with Crippen molar-refractivity contribution in [3.05, 3.63) is 81.2 Å². The first-order chi connectivity index (χ1) is 10.6. The van der Waals surface area contributed by atoms with Gasteiger partial charge in [0.25, 0.3) is 0 Å². The summed E-state index contributed by atoms with van der Waals surface area (Å²) in [5.74, 6) is -0.249. The van der Waals surface area contributed by atoms with Crippen LogP contribution in [0.1, 0.15) is 11.1 Å². The summed E-state index contributed by atoms with van der Waals surface area (Å²) in [6, 6.07) is 16.0. The maximum atomic E-state index is 12.1. The van der Waals surface area contributed by atoms with E-state index in [9.17, 15) is 9.90 Å². The fraction of sp³-hybridized carbons (Fsp3) is 0.0588. The highest BCUT2D eigenvalue weighted by Crippen LogP contribution is 2.22. The molecule has 3 aromatic rings. The van der Waals surface area contributed by atoms with Gasteiger partial charge in [0.2, 0.25) is 11.8 Å². The maximum Gasteiger partial charge on any atom is 0.346 e. The summed E-state index contributed by atoms with van der Waals surface area (Å²) in [5, 5.41) is 10.6. The summed E-state index contributed by atoms with van der Waals surface area (Å²) in [5.41, 5.74) is 1.01. The van der Waals surface area contributed by atoms with E-state index < -0.39 is 5.63 Å². The molecule has 0 aliphatic carbocycles. The van der Waals surface area contributed by atoms with Gasteiger partial charge in [0.05, 0.1) is 0 Å². The summed E-state index contributed by atoms with van der Waals surface area (Å²) in [7, 11) is 0. The molecule has 2 aromatic carbocycles. The summed E-state index contributed by atoms with van der Waals surface area (Å²) in [4.78, 5) is 16.1. The third-order valence-electron chi connectivity index (χ3n) is 3.23. The Kier molecular flexibility index (Phi) is 3.94. The Labute approximate surface area is 131 Å². The summed E-state index contributed by atoms with van der Waals surface area (Å²) in [6.07, 6.45) is 0.267. The van der Waals surface area contributed by atoms with E-state index in [-0.39, 0.29) is 23.8 Å². The van der Waals surface area contributed by atoms with E-state index in [1.807, 2.05) is 30.3 Å². The molecule has 0 spiro atoms. The first-order valence-electron chi connectivity index (χ1n) is 6.66. The zero-order chi connectivity index (χ0) is 15.5. The van der Waals surface area contributed by atoms with E-state index in [2.05, 4.69) is 4.98 Å². The van der Waals surface area contributed by atoms with Crippen LogP contribution in [0.15, 0.2) is 63.8 Å². The molecular formula is C17H12ClNO3. The smallest absolute Gasteiger partial charge is 0.346 e. The second-order valence-electron chi connectivity index (χ2n) is 4.78. The molecule has 4 nitrogen and oxygen atoms in total. The van der Waals surface area contributed by atoms with Gasteiger partial charge in [0, 0.05) is 17.0 Å². The lowest BCUT2D eigenvalue weighted by Gasteiger charge is -2.05. The lowest BCUT2D eigenvalue weighted by Crippen LogP contribution is -2.10. The minimum absolute atomic E-state index is 0.0657. The van der Waals surface area contributed by atoms with Gasteiger partial charge in [-0.3, -0.25) is 0 Å². The van der Waals surface area contributed by atoms with Crippen molar-refractivity contribution in [2.45, 2.75) is 6.42 Å². The SMILES string of the molecule is O=c1oc(-c2ccc(Cl)cc2)nc(O)c1Cc1ccccc1. The molecule has 0 fully saturated rings. The Hall–Kier alpha value is -2.59. The molecule has 3 rings (SSSR count). The highest BCUT2D eigenvalue weighted by molar-refractivity contribution is 6.30. The average Bonchev–Trinajstić information content (AvgIpc) is 2.52. The largest absolute Gasteiger partial charge is 0.493 e. The molecule has 110 valence electrons. The third kappa shape index (κ3) is 3.02. The molecule has 5 heteroatoms. The van der Waals surface area contributed by atoms with Crippen LogP contribution in [0.3, 0.4) is 0 Å². The van der Waals surface area contributed by atoms with E-state index in [0.717, 1.165) is 5.56 Å². The molecule has 1 N–H and O–H groups in total. The van der Waals surface area contributed by atoms with Crippen molar-refractivity contribution in [3.8, 4) is 17.3 Å². The Bertz CT molecular complexity index is 842. The molecule has 1 heterocycles. The van der Waals surface area contributed by atoms with Gasteiger partial charge in [-0.2, -0.15) is 4.98 Å². The predicted molar refractivity (Wildman–Crippen MR) is 84.1 cm³/mol. The number of aromatic nitrogens is 1. The number of nitrogens with zero attached hydrogens (tertiary/aromatic N) is 1. The Balaban J connectivity index is 1.98. The molecular weight excluding hydrogens is 302 g/mol. The van der Waals surface area contributed by atoms with E-state index >= 15 is 0 Å². The van der Waals surface area contributed by atoms with Gasteiger partial charge in [0.15, 0.2) is 0 Å². The van der Waals surface area contributed by atoms with Crippen LogP contribution < -0.4 is 5.63 Å². The molecule has 1 aromatic heterocycles. The molecule has 0 unspecified atom stereocenters. The number of benzene rings is 2. The Morgan fingerprint density at radius 1 is 1.05 bits per heavy atom. The molecule has 0 saturated carbocycles. The van der Waals surface area contributed by atoms with Gasteiger partial charge in [-0.1, -0.05) is 41.9 Å². The maximum absolute atomic E-state index is 12.1. The lowest BCUT2D eigenvalue weighted by atomic mass is 10.1. The molecule has 22 heavy (non-hydrogen) atoms. The predicted octanol–water partition coefficient (Wildman–Crippen LogP) is 3.65. The van der Waals surface area contributed by atoms with Crippen LogP contribution in [0.5, 0.6) is 5.88 Å². The first kappa shape index (κ1) is 14.4. The van der Waals surface area contributed by atoms with Crippen LogP contribution in [0.4, 0.5) is 0 Å². The van der Waals surface area contributed by atoms with Crippen molar-refractivity contribution < 1.29 is 9.52 Å². The molecule has 0 bridgehead atoms. The molecule has 0 atom stereocenters. The van der Waals surface area contributed by atoms with Gasteiger partial charge in [0.1, 0.15) is 5.56 Å². The summed E-state index contributed by atoms with van der Waals surface area (Å²) in [6.45, 7) is 0. The number of halogens is 1. The van der Waals surface area contributed by atoms with Crippen molar-refractivity contribution in [2.75, 3.05) is 0 Å². The number of aromatic hydroxyl groups is 1. The topological polar surface area (TPSA) is 63.3 Å². The highest BCUT2D eigenvalue weighted by Gasteiger charge is 2.14. The van der Waals surface area contributed by atoms with E-state index in [1.165, 1.54) is 0 Å². The summed E-state index contributed by atoms with van der Waals surface area (Å²) < 4.78 is 5.22. The number of hydrogen-bond acceptors (Lipinski definition) is 4. The van der Waals surface area contributed by atoms with E-state index in [0.29, 0.717) is 10.6 Å². The standard InChI is InChI=1S/C17H12ClNO3/c18-13-8-6-12(7-9-13)16-19-15(20)14(17(21)22-16)10-11-4-2-1-3-5-11/h1-9,20H,10H2. The van der Waals surface area contributed by atoms with Gasteiger partial charge >= 0.3 is 5.63 Å². The first-order valence-corrected chi connectivity index (χ1v) is 7.04. The lowest BCUT2D eigenvalue weighted by molar-refractivity contribution is 0.412. The van der Waals surface area contributed by atoms with Gasteiger partial charge in [-0.05, 0) is 29.8 Å². The van der Waals surface area contributed by atoms with Crippen molar-refractivity contribution in [1.29, 1.82) is 0 Å². The zero-order valence-electron chi connectivity index (χ0n) is 11.5. The van der Waals surface area contributed by atoms with Crippen molar-refractivity contribution in [2.24, 2.45) is 0 Å². The normalized spacial score (nSPS) is 10.6. The fourth-order valence-electron chi connectivity index (χ4n) is 2.09. The molecule has 0 aliphatic rings. The van der Waals surface area contributed by atoms with Crippen LogP contribution in [0.2, 0.25) is 5.02 Å². The van der Waals surface area contributed by atoms with Crippen LogP contribution in [0.25, 0.3) is 11.5 Å². The van der Waals surface area contributed by atoms with E-state index in [4.69, 9.17) is 16.0 Å². The van der Waals surface area contributed by atoms with E-state index in [1.54, 1.807) is 24.3 Å². The second-order valence-corrected chi connectivity index (χ2v) is 5.21. The number of rotatable bonds is 3. The Morgan fingerprint density at radius 2 is 1.73 bits per heavy atom. The van der Waals surface area contributed by atoms with Crippen LogP contribution >= 0.6 is 11.6 Å². The third-order valence-corrected chi connectivity index (χ3v) is 3.48.